The molecule has 7 nitrogen and oxygen atoms in total. The van der Waals surface area contributed by atoms with E-state index in [-0.39, 0.29) is 17.1 Å². The van der Waals surface area contributed by atoms with Crippen LogP contribution in [-0.4, -0.2) is 30.3 Å². The first-order chi connectivity index (χ1) is 17.1. The molecule has 0 saturated carbocycles. The van der Waals surface area contributed by atoms with E-state index in [0.717, 1.165) is 16.7 Å². The van der Waals surface area contributed by atoms with Gasteiger partial charge < -0.3 is 10.4 Å². The molecule has 2 atom stereocenters. The zero-order chi connectivity index (χ0) is 24.0. The molecule has 0 amide bonds. The largest absolute Gasteiger partial charge is 0.373 e. The Morgan fingerprint density at radius 2 is 1.40 bits per heavy atom. The lowest BCUT2D eigenvalue weighted by Crippen LogP contribution is -2.40. The van der Waals surface area contributed by atoms with Crippen molar-refractivity contribution in [3.8, 4) is 0 Å². The number of hydrogen-bond acceptors (Lipinski definition) is 5. The van der Waals surface area contributed by atoms with Gasteiger partial charge in [0.1, 0.15) is 11.8 Å². The second kappa shape index (κ2) is 8.21. The summed E-state index contributed by atoms with van der Waals surface area (Å²) in [5, 5.41) is 13.9. The predicted octanol–water partition coefficient (Wildman–Crippen LogP) is 4.13. The molecule has 1 aliphatic rings. The minimum atomic E-state index is -0.946. The maximum Gasteiger partial charge on any atom is 0.285 e. The lowest BCUT2D eigenvalue weighted by molar-refractivity contribution is 0.0805. The van der Waals surface area contributed by atoms with Crippen LogP contribution in [0.25, 0.3) is 11.2 Å². The topological polar surface area (TPSA) is 85.0 Å². The van der Waals surface area contributed by atoms with Crippen LogP contribution in [-0.2, 0) is 5.54 Å². The quantitative estimate of drug-likeness (QED) is 0.392. The van der Waals surface area contributed by atoms with Crippen molar-refractivity contribution in [3.05, 3.63) is 124 Å². The Morgan fingerprint density at radius 1 is 0.886 bits per heavy atom. The van der Waals surface area contributed by atoms with Crippen molar-refractivity contribution in [1.29, 1.82) is 0 Å². The molecule has 174 valence electrons. The Morgan fingerprint density at radius 3 is 1.91 bits per heavy atom. The fourth-order valence-corrected chi connectivity index (χ4v) is 5.24. The van der Waals surface area contributed by atoms with Crippen molar-refractivity contribution in [3.63, 3.8) is 0 Å². The number of nitrogens with zero attached hydrogens (tertiary/aromatic N) is 4. The first-order valence-electron chi connectivity index (χ1n) is 11.7. The van der Waals surface area contributed by atoms with E-state index < -0.39 is 11.8 Å². The van der Waals surface area contributed by atoms with E-state index in [9.17, 15) is 9.90 Å². The van der Waals surface area contributed by atoms with E-state index in [4.69, 9.17) is 4.98 Å². The Bertz CT molecular complexity index is 1450. The molecule has 0 radical (unpaired) electrons. The number of nitrogens with one attached hydrogen (secondary N) is 1. The summed E-state index contributed by atoms with van der Waals surface area (Å²) in [6.07, 6.45) is 1.16. The fraction of sp³-hybridized carbons (Fsp3) is 0.179. The first kappa shape index (κ1) is 21.3. The summed E-state index contributed by atoms with van der Waals surface area (Å²) >= 11 is 0. The molecule has 0 unspecified atom stereocenters. The van der Waals surface area contributed by atoms with Gasteiger partial charge in [0.25, 0.3) is 5.56 Å². The van der Waals surface area contributed by atoms with Gasteiger partial charge in [-0.1, -0.05) is 91.0 Å². The molecule has 0 spiro atoms. The molecule has 0 fully saturated rings. The molecule has 3 heterocycles. The number of imidazole rings is 1. The number of fused-ring (bicyclic) bond motifs is 2. The van der Waals surface area contributed by atoms with Gasteiger partial charge in [0.2, 0.25) is 5.95 Å². The molecular formula is C28H25N5O2. The molecule has 35 heavy (non-hydrogen) atoms. The van der Waals surface area contributed by atoms with Gasteiger partial charge in [0.15, 0.2) is 11.2 Å². The van der Waals surface area contributed by atoms with Crippen LogP contribution in [0.15, 0.2) is 102 Å². The van der Waals surface area contributed by atoms with Crippen LogP contribution < -0.4 is 10.9 Å². The monoisotopic (exact) mass is 463 g/mol. The van der Waals surface area contributed by atoms with Crippen LogP contribution in [0.2, 0.25) is 0 Å². The van der Waals surface area contributed by atoms with Crippen LogP contribution >= 0.6 is 0 Å². The molecule has 5 aromatic rings. The molecular weight excluding hydrogens is 438 g/mol. The van der Waals surface area contributed by atoms with Crippen LogP contribution in [0.5, 0.6) is 0 Å². The number of anilines is 1. The highest BCUT2D eigenvalue weighted by atomic mass is 16.3. The molecule has 3 aromatic carbocycles. The Labute approximate surface area is 202 Å². The van der Waals surface area contributed by atoms with Crippen molar-refractivity contribution in [1.82, 2.24) is 19.1 Å². The van der Waals surface area contributed by atoms with E-state index in [1.54, 1.807) is 6.33 Å². The van der Waals surface area contributed by atoms with Crippen LogP contribution in [0, 0.1) is 0 Å². The van der Waals surface area contributed by atoms with Gasteiger partial charge >= 0.3 is 0 Å². The van der Waals surface area contributed by atoms with E-state index in [0.29, 0.717) is 18.0 Å². The minimum absolute atomic E-state index is 0.0205. The van der Waals surface area contributed by atoms with Gasteiger partial charge in [-0.25, -0.2) is 9.55 Å². The van der Waals surface area contributed by atoms with E-state index in [1.165, 1.54) is 4.57 Å². The Hall–Kier alpha value is -4.23. The highest BCUT2D eigenvalue weighted by molar-refractivity contribution is 5.73. The molecule has 7 heteroatoms. The molecule has 2 aromatic heterocycles. The van der Waals surface area contributed by atoms with Gasteiger partial charge in [-0.2, -0.15) is 4.98 Å². The molecule has 6 rings (SSSR count). The maximum absolute atomic E-state index is 13.5. The lowest BCUT2D eigenvalue weighted by atomic mass is 9.76. The van der Waals surface area contributed by atoms with Gasteiger partial charge in [-0.05, 0) is 23.6 Å². The third kappa shape index (κ3) is 3.19. The highest BCUT2D eigenvalue weighted by Crippen LogP contribution is 2.42. The summed E-state index contributed by atoms with van der Waals surface area (Å²) in [5.74, 6) is 0.346. The fourth-order valence-electron chi connectivity index (χ4n) is 5.24. The van der Waals surface area contributed by atoms with Crippen molar-refractivity contribution in [2.45, 2.75) is 31.2 Å². The summed E-state index contributed by atoms with van der Waals surface area (Å²) in [6, 6.07) is 30.5. The SMILES string of the molecule is C[C@@H]1C[C@H](O)n2c(nc3c(ncn3C(c3ccccc3)(c3ccccc3)c3ccccc3)c2=O)N1. The average molecular weight is 464 g/mol. The summed E-state index contributed by atoms with van der Waals surface area (Å²) in [4.78, 5) is 22.9. The molecule has 0 saturated heterocycles. The molecule has 0 bridgehead atoms. The minimum Gasteiger partial charge on any atom is -0.373 e. The van der Waals surface area contributed by atoms with Gasteiger partial charge in [-0.3, -0.25) is 9.36 Å². The van der Waals surface area contributed by atoms with Crippen molar-refractivity contribution in [2.75, 3.05) is 5.32 Å². The number of rotatable bonds is 4. The third-order valence-corrected chi connectivity index (χ3v) is 6.78. The van der Waals surface area contributed by atoms with Gasteiger partial charge in [0.05, 0.1) is 6.33 Å². The van der Waals surface area contributed by atoms with Crippen molar-refractivity contribution in [2.24, 2.45) is 0 Å². The second-order valence-electron chi connectivity index (χ2n) is 8.97. The molecule has 2 N–H and O–H groups in total. The average Bonchev–Trinajstić information content (AvgIpc) is 3.31. The number of aliphatic hydroxyl groups excluding tert-OH is 1. The Balaban J connectivity index is 1.76. The Kier molecular flexibility index (Phi) is 5.00. The number of benzene rings is 3. The smallest absolute Gasteiger partial charge is 0.285 e. The van der Waals surface area contributed by atoms with E-state index in [2.05, 4.69) is 46.7 Å². The van der Waals surface area contributed by atoms with Gasteiger partial charge in [-0.15, -0.1) is 0 Å². The number of aromatic nitrogens is 4. The highest BCUT2D eigenvalue weighted by Gasteiger charge is 2.40. The van der Waals surface area contributed by atoms with E-state index in [1.807, 2.05) is 66.1 Å². The first-order valence-corrected chi connectivity index (χ1v) is 11.7. The normalized spacial score (nSPS) is 17.7. The van der Waals surface area contributed by atoms with Crippen LogP contribution in [0.3, 0.4) is 0 Å². The third-order valence-electron chi connectivity index (χ3n) is 6.78. The molecule has 1 aliphatic heterocycles. The van der Waals surface area contributed by atoms with E-state index >= 15 is 0 Å². The standard InChI is InChI=1S/C28H25N5O2/c1-19-17-23(34)33-26(35)24-25(31-27(33)30-19)32(18-29-24)28(20-11-5-2-6-12-20,21-13-7-3-8-14-21)22-15-9-4-10-16-22/h2-16,18-19,23,34H,17H2,1H3,(H,30,31)/t19-,23+/m1/s1. The summed E-state index contributed by atoms with van der Waals surface area (Å²) in [7, 11) is 0. The molecule has 0 aliphatic carbocycles. The van der Waals surface area contributed by atoms with Crippen LogP contribution in [0.4, 0.5) is 5.95 Å². The predicted molar refractivity (Wildman–Crippen MR) is 135 cm³/mol. The maximum atomic E-state index is 13.5. The lowest BCUT2D eigenvalue weighted by Gasteiger charge is -2.37. The zero-order valence-corrected chi connectivity index (χ0v) is 19.2. The number of hydrogen-bond donors (Lipinski definition) is 2. The van der Waals surface area contributed by atoms with Crippen LogP contribution in [0.1, 0.15) is 36.3 Å². The van der Waals surface area contributed by atoms with Gasteiger partial charge in [0, 0.05) is 12.5 Å². The number of aliphatic hydroxyl groups is 1. The summed E-state index contributed by atoms with van der Waals surface area (Å²) in [5.41, 5.74) is 2.50. The zero-order valence-electron chi connectivity index (χ0n) is 19.2. The van der Waals surface area contributed by atoms with Crippen molar-refractivity contribution < 1.29 is 5.11 Å². The summed E-state index contributed by atoms with van der Waals surface area (Å²) in [6.45, 7) is 1.96. The second-order valence-corrected chi connectivity index (χ2v) is 8.97. The van der Waals surface area contributed by atoms with Crippen molar-refractivity contribution >= 4 is 17.1 Å². The summed E-state index contributed by atoms with van der Waals surface area (Å²) < 4.78 is 3.28.